The number of allylic oxidation sites excluding steroid dienone is 2. The molecule has 4 nitrogen and oxygen atoms in total. The van der Waals surface area contributed by atoms with E-state index in [2.05, 4.69) is 24.3 Å². The van der Waals surface area contributed by atoms with Crippen molar-refractivity contribution in [3.8, 4) is 5.75 Å². The Balaban J connectivity index is 1.49. The number of pyridine rings is 1. The van der Waals surface area contributed by atoms with Crippen molar-refractivity contribution in [3.05, 3.63) is 77.5 Å². The minimum atomic E-state index is -0.731. The predicted molar refractivity (Wildman–Crippen MR) is 115 cm³/mol. The van der Waals surface area contributed by atoms with Crippen molar-refractivity contribution in [2.24, 2.45) is 0 Å². The fourth-order valence-electron chi connectivity index (χ4n) is 3.93. The summed E-state index contributed by atoms with van der Waals surface area (Å²) in [4.78, 5) is 15.4. The molecule has 1 heterocycles. The van der Waals surface area contributed by atoms with Crippen molar-refractivity contribution in [1.82, 2.24) is 4.98 Å². The smallest absolute Gasteiger partial charge is 0.303 e. The van der Waals surface area contributed by atoms with Crippen molar-refractivity contribution in [2.45, 2.75) is 45.1 Å². The third-order valence-electron chi connectivity index (χ3n) is 5.37. The number of ether oxygens (including phenoxy) is 1. The number of unbranched alkanes of at least 4 members (excludes halogenated alkanes) is 1. The molecule has 0 atom stereocenters. The summed E-state index contributed by atoms with van der Waals surface area (Å²) < 4.78 is 6.18. The Hall–Kier alpha value is -3.14. The lowest BCUT2D eigenvalue weighted by Crippen LogP contribution is -2.07. The second-order valence-electron chi connectivity index (χ2n) is 7.44. The highest BCUT2D eigenvalue weighted by molar-refractivity contribution is 5.78. The molecule has 1 aromatic heterocycles. The van der Waals surface area contributed by atoms with Gasteiger partial charge in [0.25, 0.3) is 0 Å². The molecule has 4 heteroatoms. The van der Waals surface area contributed by atoms with Gasteiger partial charge in [-0.25, -0.2) is 4.98 Å². The molecule has 0 saturated carbocycles. The van der Waals surface area contributed by atoms with Crippen LogP contribution < -0.4 is 4.74 Å². The standard InChI is InChI=1S/C25H25NO3/c27-25(28)14-4-2-7-18-9-5-11-22-21(18)10-6-13-24(22)29-17-20-16-15-19-8-1-3-12-23(19)26-20/h1,3,6-8,10,12-13,15-16H,2,4-5,9,11,14,17H2,(H,27,28)/b18-7+. The van der Waals surface area contributed by atoms with Gasteiger partial charge in [0.2, 0.25) is 0 Å². The number of carbonyl (C=O) groups is 1. The van der Waals surface area contributed by atoms with Crippen LogP contribution >= 0.6 is 0 Å². The molecular weight excluding hydrogens is 362 g/mol. The second kappa shape index (κ2) is 8.91. The van der Waals surface area contributed by atoms with Crippen LogP contribution in [0.3, 0.4) is 0 Å². The molecule has 0 radical (unpaired) electrons. The molecule has 0 aliphatic heterocycles. The Kier molecular flexibility index (Phi) is 5.89. The second-order valence-corrected chi connectivity index (χ2v) is 7.44. The van der Waals surface area contributed by atoms with E-state index >= 15 is 0 Å². The van der Waals surface area contributed by atoms with Crippen LogP contribution in [0.2, 0.25) is 0 Å². The van der Waals surface area contributed by atoms with Crippen LogP contribution in [0.15, 0.2) is 60.7 Å². The van der Waals surface area contributed by atoms with Gasteiger partial charge in [-0.05, 0) is 61.4 Å². The SMILES string of the molecule is O=C(O)CCC/C=C1\CCCc2c(OCc3ccc4ccccc4n3)cccc21. The van der Waals surface area contributed by atoms with Crippen LogP contribution in [0.5, 0.6) is 5.75 Å². The summed E-state index contributed by atoms with van der Waals surface area (Å²) in [7, 11) is 0. The average molecular weight is 387 g/mol. The Morgan fingerprint density at radius 1 is 1.07 bits per heavy atom. The molecule has 1 aliphatic rings. The number of hydrogen-bond donors (Lipinski definition) is 1. The first-order valence-electron chi connectivity index (χ1n) is 10.2. The van der Waals surface area contributed by atoms with Crippen LogP contribution in [0, 0.1) is 0 Å². The lowest BCUT2D eigenvalue weighted by Gasteiger charge is -2.22. The minimum Gasteiger partial charge on any atom is -0.487 e. The third kappa shape index (κ3) is 4.65. The predicted octanol–water partition coefficient (Wildman–Crippen LogP) is 5.79. The molecule has 4 rings (SSSR count). The molecule has 0 spiro atoms. The van der Waals surface area contributed by atoms with E-state index in [1.54, 1.807) is 0 Å². The van der Waals surface area contributed by atoms with E-state index in [1.807, 2.05) is 36.4 Å². The first-order valence-corrected chi connectivity index (χ1v) is 10.2. The maximum absolute atomic E-state index is 10.7. The third-order valence-corrected chi connectivity index (χ3v) is 5.37. The number of aromatic nitrogens is 1. The number of rotatable bonds is 7. The fourth-order valence-corrected chi connectivity index (χ4v) is 3.93. The lowest BCUT2D eigenvalue weighted by molar-refractivity contribution is -0.137. The van der Waals surface area contributed by atoms with Crippen LogP contribution in [0.25, 0.3) is 16.5 Å². The molecule has 0 amide bonds. The number of fused-ring (bicyclic) bond motifs is 2. The monoisotopic (exact) mass is 387 g/mol. The topological polar surface area (TPSA) is 59.4 Å². The van der Waals surface area contributed by atoms with Crippen molar-refractivity contribution in [1.29, 1.82) is 0 Å². The number of benzene rings is 2. The zero-order valence-electron chi connectivity index (χ0n) is 16.4. The van der Waals surface area contributed by atoms with E-state index in [9.17, 15) is 4.79 Å². The van der Waals surface area contributed by atoms with Gasteiger partial charge in [-0.3, -0.25) is 4.79 Å². The highest BCUT2D eigenvalue weighted by Gasteiger charge is 2.18. The molecule has 2 aromatic carbocycles. The maximum Gasteiger partial charge on any atom is 0.303 e. The summed E-state index contributed by atoms with van der Waals surface area (Å²) in [5.74, 6) is 0.194. The van der Waals surface area contributed by atoms with Gasteiger partial charge in [0.15, 0.2) is 0 Å². The number of aliphatic carboxylic acids is 1. The molecule has 0 bridgehead atoms. The summed E-state index contributed by atoms with van der Waals surface area (Å²) in [6, 6.07) is 18.4. The van der Waals surface area contributed by atoms with E-state index in [0.29, 0.717) is 13.0 Å². The van der Waals surface area contributed by atoms with Crippen LogP contribution in [-0.4, -0.2) is 16.1 Å². The Morgan fingerprint density at radius 3 is 2.86 bits per heavy atom. The van der Waals surface area contributed by atoms with Crippen LogP contribution in [0.1, 0.15) is 48.9 Å². The minimum absolute atomic E-state index is 0.221. The molecule has 3 aromatic rings. The molecule has 148 valence electrons. The van der Waals surface area contributed by atoms with Gasteiger partial charge in [0.1, 0.15) is 12.4 Å². The lowest BCUT2D eigenvalue weighted by atomic mass is 9.86. The van der Waals surface area contributed by atoms with E-state index < -0.39 is 5.97 Å². The summed E-state index contributed by atoms with van der Waals surface area (Å²) in [6.45, 7) is 0.443. The van der Waals surface area contributed by atoms with Gasteiger partial charge in [-0.2, -0.15) is 0 Å². The number of para-hydroxylation sites is 1. The van der Waals surface area contributed by atoms with Gasteiger partial charge in [-0.1, -0.05) is 42.5 Å². The fraction of sp³-hybridized carbons (Fsp3) is 0.280. The van der Waals surface area contributed by atoms with Gasteiger partial charge >= 0.3 is 5.97 Å². The zero-order chi connectivity index (χ0) is 20.1. The van der Waals surface area contributed by atoms with Gasteiger partial charge < -0.3 is 9.84 Å². The summed E-state index contributed by atoms with van der Waals surface area (Å²) >= 11 is 0. The summed E-state index contributed by atoms with van der Waals surface area (Å²) in [5, 5.41) is 9.94. The van der Waals surface area contributed by atoms with Gasteiger partial charge in [0, 0.05) is 17.4 Å². The van der Waals surface area contributed by atoms with Crippen molar-refractivity contribution in [2.75, 3.05) is 0 Å². The Morgan fingerprint density at radius 2 is 1.97 bits per heavy atom. The normalized spacial score (nSPS) is 14.7. The first-order chi connectivity index (χ1) is 14.2. The van der Waals surface area contributed by atoms with Gasteiger partial charge in [-0.15, -0.1) is 0 Å². The molecule has 0 fully saturated rings. The average Bonchev–Trinajstić information content (AvgIpc) is 2.75. The zero-order valence-corrected chi connectivity index (χ0v) is 16.4. The molecule has 1 N–H and O–H groups in total. The molecule has 0 saturated heterocycles. The van der Waals surface area contributed by atoms with E-state index in [0.717, 1.165) is 48.0 Å². The highest BCUT2D eigenvalue weighted by Crippen LogP contribution is 2.36. The Bertz CT molecular complexity index is 1050. The van der Waals surface area contributed by atoms with Crippen molar-refractivity contribution >= 4 is 22.4 Å². The molecule has 29 heavy (non-hydrogen) atoms. The van der Waals surface area contributed by atoms with E-state index in [-0.39, 0.29) is 6.42 Å². The number of hydrogen-bond acceptors (Lipinski definition) is 3. The number of carboxylic acid groups (broad SMARTS) is 1. The molecule has 1 aliphatic carbocycles. The van der Waals surface area contributed by atoms with Crippen molar-refractivity contribution in [3.63, 3.8) is 0 Å². The maximum atomic E-state index is 10.7. The van der Waals surface area contributed by atoms with Crippen LogP contribution in [0.4, 0.5) is 0 Å². The number of carboxylic acids is 1. The van der Waals surface area contributed by atoms with Crippen LogP contribution in [-0.2, 0) is 17.8 Å². The highest BCUT2D eigenvalue weighted by atomic mass is 16.5. The summed E-state index contributed by atoms with van der Waals surface area (Å²) in [6.07, 6.45) is 7.03. The summed E-state index contributed by atoms with van der Waals surface area (Å²) in [5.41, 5.74) is 5.71. The quantitative estimate of drug-likeness (QED) is 0.521. The number of nitrogens with zero attached hydrogens (tertiary/aromatic N) is 1. The van der Waals surface area contributed by atoms with E-state index in [1.165, 1.54) is 16.7 Å². The first kappa shape index (κ1) is 19.2. The molecule has 0 unspecified atom stereocenters. The molecular formula is C25H25NO3. The largest absolute Gasteiger partial charge is 0.487 e. The van der Waals surface area contributed by atoms with Crippen molar-refractivity contribution < 1.29 is 14.6 Å². The van der Waals surface area contributed by atoms with Gasteiger partial charge in [0.05, 0.1) is 11.2 Å². The van der Waals surface area contributed by atoms with E-state index in [4.69, 9.17) is 14.8 Å². The Labute approximate surface area is 170 Å².